The van der Waals surface area contributed by atoms with Crippen molar-refractivity contribution in [3.05, 3.63) is 56.3 Å². The standard InChI is InChI=1S/C23H24N4O3S/c1-15-22-19(14-31-15)23(29)26-20(25-22)3-2-4-21(28)27-11-9-18(10-12-27)30-17-7-5-16(13-24)6-8-17/h5-8,14,18H,2-4,9-12H2,1H3,(H,25,26,29). The number of aryl methyl sites for hydroxylation is 2. The van der Waals surface area contributed by atoms with E-state index in [0.29, 0.717) is 49.1 Å². The van der Waals surface area contributed by atoms with Gasteiger partial charge in [-0.05, 0) is 37.6 Å². The Morgan fingerprint density at radius 2 is 2.06 bits per heavy atom. The maximum atomic E-state index is 12.6. The maximum absolute atomic E-state index is 12.6. The summed E-state index contributed by atoms with van der Waals surface area (Å²) < 4.78 is 5.98. The summed E-state index contributed by atoms with van der Waals surface area (Å²) >= 11 is 1.52. The van der Waals surface area contributed by atoms with Crippen molar-refractivity contribution in [1.82, 2.24) is 14.9 Å². The molecule has 7 nitrogen and oxygen atoms in total. The highest BCUT2D eigenvalue weighted by Crippen LogP contribution is 2.21. The molecule has 4 rings (SSSR count). The zero-order valence-electron chi connectivity index (χ0n) is 17.4. The van der Waals surface area contributed by atoms with E-state index >= 15 is 0 Å². The predicted molar refractivity (Wildman–Crippen MR) is 119 cm³/mol. The van der Waals surface area contributed by atoms with Crippen LogP contribution in [0.5, 0.6) is 5.75 Å². The molecule has 1 aromatic carbocycles. The number of piperidine rings is 1. The lowest BCUT2D eigenvalue weighted by atomic mass is 10.1. The van der Waals surface area contributed by atoms with Gasteiger partial charge in [0.1, 0.15) is 17.7 Å². The fraction of sp³-hybridized carbons (Fsp3) is 0.391. The number of rotatable bonds is 6. The molecule has 0 atom stereocenters. The lowest BCUT2D eigenvalue weighted by molar-refractivity contribution is -0.133. The summed E-state index contributed by atoms with van der Waals surface area (Å²) in [5.74, 6) is 1.52. The first-order valence-corrected chi connectivity index (χ1v) is 11.3. The fourth-order valence-corrected chi connectivity index (χ4v) is 4.60. The third kappa shape index (κ3) is 4.94. The smallest absolute Gasteiger partial charge is 0.259 e. The second-order valence-corrected chi connectivity index (χ2v) is 8.84. The van der Waals surface area contributed by atoms with E-state index in [0.717, 1.165) is 29.0 Å². The normalized spacial score (nSPS) is 14.5. The number of ether oxygens (including phenoxy) is 1. The van der Waals surface area contributed by atoms with Crippen molar-refractivity contribution in [2.45, 2.75) is 45.1 Å². The molecule has 0 bridgehead atoms. The second-order valence-electron chi connectivity index (χ2n) is 7.75. The van der Waals surface area contributed by atoms with Gasteiger partial charge in [0.2, 0.25) is 5.91 Å². The predicted octanol–water partition coefficient (Wildman–Crippen LogP) is 3.56. The number of H-pyrrole nitrogens is 1. The summed E-state index contributed by atoms with van der Waals surface area (Å²) in [6.07, 6.45) is 3.31. The number of likely N-dealkylation sites (tertiary alicyclic amines) is 1. The Morgan fingerprint density at radius 3 is 2.77 bits per heavy atom. The highest BCUT2D eigenvalue weighted by Gasteiger charge is 2.23. The van der Waals surface area contributed by atoms with Crippen LogP contribution in [-0.2, 0) is 11.2 Å². The first-order valence-electron chi connectivity index (χ1n) is 10.4. The van der Waals surface area contributed by atoms with Crippen LogP contribution in [0.15, 0.2) is 34.4 Å². The SMILES string of the molecule is Cc1scc2c(=O)[nH]c(CCCC(=O)N3CCC(Oc4ccc(C#N)cc4)CC3)nc12. The Bertz CT molecular complexity index is 1170. The number of carbonyl (C=O) groups excluding carboxylic acids is 1. The topological polar surface area (TPSA) is 99.1 Å². The summed E-state index contributed by atoms with van der Waals surface area (Å²) in [7, 11) is 0. The van der Waals surface area contributed by atoms with Crippen LogP contribution < -0.4 is 10.3 Å². The van der Waals surface area contributed by atoms with Crippen LogP contribution in [0, 0.1) is 18.3 Å². The number of nitriles is 1. The molecule has 1 saturated heterocycles. The van der Waals surface area contributed by atoms with E-state index in [1.54, 1.807) is 12.1 Å². The molecule has 0 spiro atoms. The first-order chi connectivity index (χ1) is 15.0. The molecule has 3 heterocycles. The quantitative estimate of drug-likeness (QED) is 0.637. The third-order valence-electron chi connectivity index (χ3n) is 5.58. The molecular weight excluding hydrogens is 412 g/mol. The van der Waals surface area contributed by atoms with Crippen molar-refractivity contribution in [2.24, 2.45) is 0 Å². The largest absolute Gasteiger partial charge is 0.490 e. The average molecular weight is 437 g/mol. The molecule has 1 fully saturated rings. The highest BCUT2D eigenvalue weighted by molar-refractivity contribution is 7.11. The van der Waals surface area contributed by atoms with Crippen molar-refractivity contribution in [2.75, 3.05) is 13.1 Å². The minimum absolute atomic E-state index is 0.0758. The van der Waals surface area contributed by atoms with Crippen LogP contribution in [0.4, 0.5) is 0 Å². The van der Waals surface area contributed by atoms with Crippen molar-refractivity contribution in [3.63, 3.8) is 0 Å². The average Bonchev–Trinajstić information content (AvgIpc) is 3.16. The number of hydrogen-bond donors (Lipinski definition) is 1. The summed E-state index contributed by atoms with van der Waals surface area (Å²) in [4.78, 5) is 35.1. The first kappa shape index (κ1) is 21.1. The van der Waals surface area contributed by atoms with E-state index in [1.165, 1.54) is 11.3 Å². The fourth-order valence-electron chi connectivity index (χ4n) is 3.82. The van der Waals surface area contributed by atoms with Crippen molar-refractivity contribution in [1.29, 1.82) is 5.26 Å². The van der Waals surface area contributed by atoms with E-state index in [9.17, 15) is 9.59 Å². The molecule has 0 unspecified atom stereocenters. The number of benzene rings is 1. The summed E-state index contributed by atoms with van der Waals surface area (Å²) in [6, 6.07) is 9.20. The summed E-state index contributed by atoms with van der Waals surface area (Å²) in [6.45, 7) is 3.31. The van der Waals surface area contributed by atoms with Gasteiger partial charge < -0.3 is 14.6 Å². The van der Waals surface area contributed by atoms with Crippen LogP contribution in [0.3, 0.4) is 0 Å². The van der Waals surface area contributed by atoms with Crippen molar-refractivity contribution < 1.29 is 9.53 Å². The number of nitrogens with one attached hydrogen (secondary N) is 1. The minimum atomic E-state index is -0.111. The van der Waals surface area contributed by atoms with Crippen molar-refractivity contribution >= 4 is 28.1 Å². The molecule has 1 aliphatic rings. The zero-order valence-corrected chi connectivity index (χ0v) is 18.2. The van der Waals surface area contributed by atoms with E-state index in [1.807, 2.05) is 29.3 Å². The zero-order chi connectivity index (χ0) is 21.8. The van der Waals surface area contributed by atoms with E-state index in [4.69, 9.17) is 10.00 Å². The van der Waals surface area contributed by atoms with Gasteiger partial charge in [-0.3, -0.25) is 9.59 Å². The number of nitrogens with zero attached hydrogens (tertiary/aromatic N) is 3. The molecule has 0 saturated carbocycles. The Morgan fingerprint density at radius 1 is 1.32 bits per heavy atom. The number of amides is 1. The van der Waals surface area contributed by atoms with Gasteiger partial charge in [-0.25, -0.2) is 4.98 Å². The lowest BCUT2D eigenvalue weighted by Crippen LogP contribution is -2.41. The molecule has 1 aliphatic heterocycles. The molecule has 0 aliphatic carbocycles. The van der Waals surface area contributed by atoms with E-state index in [2.05, 4.69) is 16.0 Å². The van der Waals surface area contributed by atoms with Gasteiger partial charge in [0.05, 0.1) is 22.5 Å². The van der Waals surface area contributed by atoms with Crippen LogP contribution >= 0.6 is 11.3 Å². The molecule has 3 aromatic rings. The van der Waals surface area contributed by atoms with Gasteiger partial charge >= 0.3 is 0 Å². The van der Waals surface area contributed by atoms with Gasteiger partial charge in [-0.1, -0.05) is 0 Å². The summed E-state index contributed by atoms with van der Waals surface area (Å²) in [5, 5.41) is 11.3. The molecule has 1 amide bonds. The van der Waals surface area contributed by atoms with Crippen LogP contribution in [0.1, 0.15) is 41.9 Å². The molecule has 31 heavy (non-hydrogen) atoms. The minimum Gasteiger partial charge on any atom is -0.490 e. The summed E-state index contributed by atoms with van der Waals surface area (Å²) in [5.41, 5.74) is 1.26. The molecule has 160 valence electrons. The van der Waals surface area contributed by atoms with E-state index < -0.39 is 0 Å². The van der Waals surface area contributed by atoms with Crippen LogP contribution in [-0.4, -0.2) is 40.0 Å². The molecule has 2 aromatic heterocycles. The number of fused-ring (bicyclic) bond motifs is 1. The molecule has 8 heteroatoms. The Labute approximate surface area is 184 Å². The Hall–Kier alpha value is -3.18. The number of thiophene rings is 1. The van der Waals surface area contributed by atoms with Crippen LogP contribution in [0.2, 0.25) is 0 Å². The third-order valence-corrected chi connectivity index (χ3v) is 6.48. The highest BCUT2D eigenvalue weighted by atomic mass is 32.1. The maximum Gasteiger partial charge on any atom is 0.259 e. The van der Waals surface area contributed by atoms with Gasteiger partial charge in [0.15, 0.2) is 0 Å². The van der Waals surface area contributed by atoms with Gasteiger partial charge in [-0.15, -0.1) is 11.3 Å². The molecule has 1 N–H and O–H groups in total. The van der Waals surface area contributed by atoms with Gasteiger partial charge in [0.25, 0.3) is 5.56 Å². The number of aromatic nitrogens is 2. The van der Waals surface area contributed by atoms with E-state index in [-0.39, 0.29) is 17.6 Å². The number of aromatic amines is 1. The Balaban J connectivity index is 1.23. The molecule has 0 radical (unpaired) electrons. The Kier molecular flexibility index (Phi) is 6.33. The lowest BCUT2D eigenvalue weighted by Gasteiger charge is -2.32. The monoisotopic (exact) mass is 436 g/mol. The molecular formula is C23H24N4O3S. The number of hydrogen-bond acceptors (Lipinski definition) is 6. The number of carbonyl (C=O) groups is 1. The van der Waals surface area contributed by atoms with Gasteiger partial charge in [-0.2, -0.15) is 5.26 Å². The van der Waals surface area contributed by atoms with Gasteiger partial charge in [0, 0.05) is 49.0 Å². The van der Waals surface area contributed by atoms with Crippen molar-refractivity contribution in [3.8, 4) is 11.8 Å². The second kappa shape index (κ2) is 9.31. The van der Waals surface area contributed by atoms with Crippen LogP contribution in [0.25, 0.3) is 10.9 Å².